The minimum Gasteiger partial charge on any atom is -0.427 e. The maximum absolute atomic E-state index is 12.8. The van der Waals surface area contributed by atoms with Crippen molar-refractivity contribution in [1.29, 1.82) is 0 Å². The lowest BCUT2D eigenvalue weighted by atomic mass is 10.1. The van der Waals surface area contributed by atoms with Gasteiger partial charge >= 0.3 is 12.2 Å². The van der Waals surface area contributed by atoms with Gasteiger partial charge in [-0.2, -0.15) is 28.0 Å². The van der Waals surface area contributed by atoms with Crippen LogP contribution in [0.25, 0.3) is 5.65 Å². The quantitative estimate of drug-likeness (QED) is 0.625. The van der Waals surface area contributed by atoms with Crippen molar-refractivity contribution in [2.45, 2.75) is 25.9 Å². The Morgan fingerprint density at radius 1 is 1.36 bits per heavy atom. The van der Waals surface area contributed by atoms with Gasteiger partial charge < -0.3 is 10.5 Å². The highest BCUT2D eigenvalue weighted by Gasteiger charge is 2.30. The van der Waals surface area contributed by atoms with E-state index in [0.29, 0.717) is 28.2 Å². The van der Waals surface area contributed by atoms with Crippen molar-refractivity contribution in [3.05, 3.63) is 52.5 Å². The van der Waals surface area contributed by atoms with Gasteiger partial charge in [-0.15, -0.1) is 0 Å². The maximum atomic E-state index is 12.8. The number of halogens is 4. The summed E-state index contributed by atoms with van der Waals surface area (Å²) in [7, 11) is 0. The number of carbonyl (C=O) groups is 1. The standard InChI is InChI=1S/C16H14ClF3N6O2/c1-8(2)14-10(7-21-12-6-11(17)24-26(12)14)22-15(27)23-13-5-9(16(18,19)20)3-4-25(13)28/h3-8,28H,1-2H3,(H,22,27)/b23-13+. The summed E-state index contributed by atoms with van der Waals surface area (Å²) in [5, 5.41) is 16.4. The molecule has 0 aliphatic rings. The van der Waals surface area contributed by atoms with Crippen molar-refractivity contribution < 1.29 is 23.2 Å². The molecule has 3 heterocycles. The van der Waals surface area contributed by atoms with Gasteiger partial charge in [0.15, 0.2) is 16.3 Å². The Labute approximate surface area is 160 Å². The molecule has 0 aliphatic carbocycles. The van der Waals surface area contributed by atoms with Crippen LogP contribution < -0.4 is 10.8 Å². The van der Waals surface area contributed by atoms with E-state index in [1.165, 1.54) is 10.7 Å². The molecule has 0 spiro atoms. The Kier molecular flexibility index (Phi) is 5.02. The normalized spacial score (nSPS) is 12.8. The van der Waals surface area contributed by atoms with Crippen LogP contribution in [0, 0.1) is 0 Å². The van der Waals surface area contributed by atoms with Gasteiger partial charge in [-0.3, -0.25) is 0 Å². The van der Waals surface area contributed by atoms with Gasteiger partial charge in [-0.05, 0) is 18.1 Å². The van der Waals surface area contributed by atoms with E-state index in [4.69, 9.17) is 11.6 Å². The van der Waals surface area contributed by atoms with Gasteiger partial charge in [-0.1, -0.05) is 25.4 Å². The first-order valence-corrected chi connectivity index (χ1v) is 8.33. The zero-order valence-electron chi connectivity index (χ0n) is 14.6. The first-order valence-electron chi connectivity index (χ1n) is 7.95. The third-order valence-electron chi connectivity index (χ3n) is 3.74. The topological polar surface area (TPSA) is 96.8 Å². The van der Waals surface area contributed by atoms with E-state index >= 15 is 0 Å². The molecule has 148 valence electrons. The number of carbonyl (C=O) groups excluding carboxylic acids is 1. The molecule has 3 aromatic rings. The van der Waals surface area contributed by atoms with Crippen LogP contribution in [-0.4, -0.2) is 30.6 Å². The highest BCUT2D eigenvalue weighted by molar-refractivity contribution is 6.29. The number of pyridine rings is 1. The first-order chi connectivity index (χ1) is 13.1. The molecule has 0 bridgehead atoms. The average Bonchev–Trinajstić information content (AvgIpc) is 2.95. The van der Waals surface area contributed by atoms with Crippen LogP contribution in [0.4, 0.5) is 23.7 Å². The SMILES string of the molecule is CC(C)c1c(NC(=O)/N=c2\cc(C(F)(F)F)ccn2O)cnc2cc(Cl)nn12. The fourth-order valence-corrected chi connectivity index (χ4v) is 2.74. The number of fused-ring (bicyclic) bond motifs is 1. The molecule has 0 radical (unpaired) electrons. The molecule has 3 rings (SSSR count). The van der Waals surface area contributed by atoms with Crippen molar-refractivity contribution in [3.63, 3.8) is 0 Å². The molecule has 8 nitrogen and oxygen atoms in total. The lowest BCUT2D eigenvalue weighted by molar-refractivity contribution is -0.137. The zero-order valence-corrected chi connectivity index (χ0v) is 15.3. The zero-order chi connectivity index (χ0) is 20.6. The molecule has 3 aromatic heterocycles. The smallest absolute Gasteiger partial charge is 0.416 e. The van der Waals surface area contributed by atoms with Crippen LogP contribution in [0.1, 0.15) is 31.0 Å². The summed E-state index contributed by atoms with van der Waals surface area (Å²) in [6, 6.07) is 1.76. The number of urea groups is 1. The predicted molar refractivity (Wildman–Crippen MR) is 93.3 cm³/mol. The van der Waals surface area contributed by atoms with Crippen LogP contribution in [0.2, 0.25) is 5.15 Å². The molecular weight excluding hydrogens is 401 g/mol. The average molecular weight is 415 g/mol. The largest absolute Gasteiger partial charge is 0.427 e. The second-order valence-corrected chi connectivity index (χ2v) is 6.49. The molecule has 0 saturated heterocycles. The van der Waals surface area contributed by atoms with E-state index in [9.17, 15) is 23.2 Å². The van der Waals surface area contributed by atoms with Gasteiger partial charge in [0.1, 0.15) is 0 Å². The second kappa shape index (κ2) is 7.15. The Morgan fingerprint density at radius 3 is 2.71 bits per heavy atom. The van der Waals surface area contributed by atoms with E-state index in [1.54, 1.807) is 6.07 Å². The number of nitrogens with one attached hydrogen (secondary N) is 1. The van der Waals surface area contributed by atoms with Crippen molar-refractivity contribution in [2.24, 2.45) is 4.99 Å². The number of nitrogens with zero attached hydrogens (tertiary/aromatic N) is 5. The molecule has 12 heteroatoms. The Hall–Kier alpha value is -3.08. The van der Waals surface area contributed by atoms with Crippen LogP contribution >= 0.6 is 11.6 Å². The van der Waals surface area contributed by atoms with Gasteiger partial charge in [0, 0.05) is 12.3 Å². The molecule has 0 fully saturated rings. The van der Waals surface area contributed by atoms with Crippen LogP contribution in [0.5, 0.6) is 0 Å². The molecule has 0 atom stereocenters. The Bertz CT molecular complexity index is 1120. The van der Waals surface area contributed by atoms with E-state index in [0.717, 1.165) is 6.20 Å². The number of anilines is 1. The third kappa shape index (κ3) is 3.93. The molecule has 0 unspecified atom stereocenters. The Morgan fingerprint density at radius 2 is 2.07 bits per heavy atom. The molecule has 0 saturated carbocycles. The van der Waals surface area contributed by atoms with Crippen molar-refractivity contribution >= 4 is 29.0 Å². The summed E-state index contributed by atoms with van der Waals surface area (Å²) >= 11 is 5.89. The van der Waals surface area contributed by atoms with Gasteiger partial charge in [-0.25, -0.2) is 14.3 Å². The number of alkyl halides is 3. The molecular formula is C16H14ClF3N6O2. The second-order valence-electron chi connectivity index (χ2n) is 6.11. The van der Waals surface area contributed by atoms with Crippen molar-refractivity contribution in [1.82, 2.24) is 19.3 Å². The minimum atomic E-state index is -4.64. The van der Waals surface area contributed by atoms with Crippen molar-refractivity contribution in [2.75, 3.05) is 5.32 Å². The summed E-state index contributed by atoms with van der Waals surface area (Å²) in [5.41, 5.74) is -0.348. The van der Waals surface area contributed by atoms with Gasteiger partial charge in [0.25, 0.3) is 0 Å². The van der Waals surface area contributed by atoms with E-state index < -0.39 is 23.3 Å². The van der Waals surface area contributed by atoms with Crippen LogP contribution in [-0.2, 0) is 6.18 Å². The lowest BCUT2D eigenvalue weighted by Crippen LogP contribution is -2.24. The molecule has 0 aliphatic heterocycles. The summed E-state index contributed by atoms with van der Waals surface area (Å²) in [6.07, 6.45) is -2.53. The monoisotopic (exact) mass is 414 g/mol. The summed E-state index contributed by atoms with van der Waals surface area (Å²) in [4.78, 5) is 19.9. The molecule has 0 aromatic carbocycles. The number of rotatable bonds is 2. The molecule has 2 amide bonds. The molecule has 2 N–H and O–H groups in total. The first kappa shape index (κ1) is 19.7. The Balaban J connectivity index is 2.00. The summed E-state index contributed by atoms with van der Waals surface area (Å²) in [5.74, 6) is -0.104. The number of hydrogen-bond acceptors (Lipinski definition) is 4. The fourth-order valence-electron chi connectivity index (χ4n) is 2.56. The van der Waals surface area contributed by atoms with Crippen LogP contribution in [0.15, 0.2) is 35.6 Å². The predicted octanol–water partition coefficient (Wildman–Crippen LogP) is 3.70. The number of aromatic nitrogens is 4. The van der Waals surface area contributed by atoms with Gasteiger partial charge in [0.05, 0.1) is 23.1 Å². The highest BCUT2D eigenvalue weighted by atomic mass is 35.5. The minimum absolute atomic E-state index is 0.104. The summed E-state index contributed by atoms with van der Waals surface area (Å²) < 4.78 is 40.2. The summed E-state index contributed by atoms with van der Waals surface area (Å²) in [6.45, 7) is 3.71. The maximum Gasteiger partial charge on any atom is 0.416 e. The third-order valence-corrected chi connectivity index (χ3v) is 3.92. The number of hydrogen-bond donors (Lipinski definition) is 2. The highest BCUT2D eigenvalue weighted by Crippen LogP contribution is 2.28. The van der Waals surface area contributed by atoms with Crippen LogP contribution in [0.3, 0.4) is 0 Å². The number of amides is 2. The lowest BCUT2D eigenvalue weighted by Gasteiger charge is -2.14. The van der Waals surface area contributed by atoms with E-state index in [2.05, 4.69) is 20.4 Å². The van der Waals surface area contributed by atoms with Gasteiger partial charge in [0.2, 0.25) is 0 Å². The van der Waals surface area contributed by atoms with Crippen molar-refractivity contribution in [3.8, 4) is 0 Å². The van der Waals surface area contributed by atoms with E-state index in [1.807, 2.05) is 13.8 Å². The van der Waals surface area contributed by atoms with E-state index in [-0.39, 0.29) is 16.8 Å². The molecule has 28 heavy (non-hydrogen) atoms. The fraction of sp³-hybridized carbons (Fsp3) is 0.250.